The first kappa shape index (κ1) is 18.2. The van der Waals surface area contributed by atoms with Crippen molar-refractivity contribution in [3.05, 3.63) is 18.0 Å². The maximum absolute atomic E-state index is 4.42. The summed E-state index contributed by atoms with van der Waals surface area (Å²) in [6, 6.07) is 2.65. The lowest BCUT2D eigenvalue weighted by Gasteiger charge is -2.19. The van der Waals surface area contributed by atoms with Crippen LogP contribution in [0.3, 0.4) is 0 Å². The highest BCUT2D eigenvalue weighted by atomic mass is 15.3. The number of hydrogen-bond acceptors (Lipinski definition) is 2. The first-order valence-electron chi connectivity index (χ1n) is 9.08. The summed E-state index contributed by atoms with van der Waals surface area (Å²) in [5.41, 5.74) is 1.36. The third-order valence-corrected chi connectivity index (χ3v) is 4.14. The lowest BCUT2D eigenvalue weighted by Crippen LogP contribution is -2.24. The fourth-order valence-corrected chi connectivity index (χ4v) is 2.88. The Morgan fingerprint density at radius 1 is 1.00 bits per heavy atom. The number of hydrogen-bond donors (Lipinski definition) is 1. The molecule has 0 saturated carbocycles. The normalized spacial score (nSPS) is 12.7. The van der Waals surface area contributed by atoms with Crippen LogP contribution >= 0.6 is 0 Å². The van der Waals surface area contributed by atoms with E-state index in [9.17, 15) is 0 Å². The van der Waals surface area contributed by atoms with Gasteiger partial charge in [0.25, 0.3) is 0 Å². The van der Waals surface area contributed by atoms with E-state index in [1.165, 1.54) is 63.5 Å². The third kappa shape index (κ3) is 7.12. The van der Waals surface area contributed by atoms with Crippen molar-refractivity contribution in [2.45, 2.75) is 91.1 Å². The van der Waals surface area contributed by atoms with E-state index in [1.807, 2.05) is 6.20 Å². The second kappa shape index (κ2) is 11.8. The minimum Gasteiger partial charge on any atom is -0.309 e. The molecule has 1 aromatic rings. The van der Waals surface area contributed by atoms with Gasteiger partial charge in [0.15, 0.2) is 0 Å². The molecule has 0 aliphatic rings. The van der Waals surface area contributed by atoms with Crippen molar-refractivity contribution >= 4 is 0 Å². The SMILES string of the molecule is CCCCCCCCCC(NCCC)c1ccnn1CC. The molecular formula is C18H35N3. The van der Waals surface area contributed by atoms with Crippen LogP contribution in [0.4, 0.5) is 0 Å². The molecule has 1 N–H and O–H groups in total. The standard InChI is InChI=1S/C18H35N3/c1-4-7-8-9-10-11-12-13-17(19-15-5-2)18-14-16-20-21(18)6-3/h14,16-17,19H,4-13,15H2,1-3H3. The van der Waals surface area contributed by atoms with Gasteiger partial charge in [0.1, 0.15) is 0 Å². The highest BCUT2D eigenvalue weighted by molar-refractivity contribution is 5.07. The fraction of sp³-hybridized carbons (Fsp3) is 0.833. The zero-order valence-corrected chi connectivity index (χ0v) is 14.4. The van der Waals surface area contributed by atoms with Crippen molar-refractivity contribution in [2.75, 3.05) is 6.54 Å². The molecule has 1 atom stereocenters. The number of aryl methyl sites for hydroxylation is 1. The van der Waals surface area contributed by atoms with Gasteiger partial charge in [-0.3, -0.25) is 4.68 Å². The average molecular weight is 293 g/mol. The van der Waals surface area contributed by atoms with Gasteiger partial charge in [0.05, 0.1) is 5.69 Å². The Morgan fingerprint density at radius 2 is 1.71 bits per heavy atom. The summed E-state index contributed by atoms with van der Waals surface area (Å²) in [7, 11) is 0. The molecule has 0 bridgehead atoms. The lowest BCUT2D eigenvalue weighted by atomic mass is 10.0. The summed E-state index contributed by atoms with van der Waals surface area (Å²) >= 11 is 0. The van der Waals surface area contributed by atoms with E-state index in [0.717, 1.165) is 13.1 Å². The van der Waals surface area contributed by atoms with E-state index in [4.69, 9.17) is 0 Å². The molecule has 0 saturated heterocycles. The molecule has 3 nitrogen and oxygen atoms in total. The van der Waals surface area contributed by atoms with Crippen LogP contribution in [0, 0.1) is 0 Å². The van der Waals surface area contributed by atoms with Gasteiger partial charge in [-0.15, -0.1) is 0 Å². The molecule has 1 unspecified atom stereocenters. The number of nitrogens with one attached hydrogen (secondary N) is 1. The number of aromatic nitrogens is 2. The van der Waals surface area contributed by atoms with Crippen molar-refractivity contribution in [2.24, 2.45) is 0 Å². The summed E-state index contributed by atoms with van der Waals surface area (Å²) in [4.78, 5) is 0. The molecule has 0 spiro atoms. The van der Waals surface area contributed by atoms with Crippen molar-refractivity contribution < 1.29 is 0 Å². The predicted molar refractivity (Wildman–Crippen MR) is 91.5 cm³/mol. The molecule has 1 rings (SSSR count). The molecular weight excluding hydrogens is 258 g/mol. The van der Waals surface area contributed by atoms with Crippen LogP contribution in [0.1, 0.15) is 90.3 Å². The van der Waals surface area contributed by atoms with Crippen molar-refractivity contribution in [1.82, 2.24) is 15.1 Å². The van der Waals surface area contributed by atoms with E-state index in [1.54, 1.807) is 0 Å². The van der Waals surface area contributed by atoms with Crippen LogP contribution in [-0.2, 0) is 6.54 Å². The Hall–Kier alpha value is -0.830. The Labute approximate surface area is 131 Å². The van der Waals surface area contributed by atoms with Crippen LogP contribution in [0.25, 0.3) is 0 Å². The van der Waals surface area contributed by atoms with E-state index in [-0.39, 0.29) is 0 Å². The quantitative estimate of drug-likeness (QED) is 0.514. The van der Waals surface area contributed by atoms with Crippen molar-refractivity contribution in [3.63, 3.8) is 0 Å². The van der Waals surface area contributed by atoms with Gasteiger partial charge >= 0.3 is 0 Å². The Morgan fingerprint density at radius 3 is 2.38 bits per heavy atom. The number of unbranched alkanes of at least 4 members (excludes halogenated alkanes) is 6. The predicted octanol–water partition coefficient (Wildman–Crippen LogP) is 5.08. The van der Waals surface area contributed by atoms with Crippen LogP contribution in [0.15, 0.2) is 12.3 Å². The molecule has 0 aliphatic carbocycles. The Bertz CT molecular complexity index is 346. The molecule has 0 aliphatic heterocycles. The van der Waals surface area contributed by atoms with Gasteiger partial charge in [-0.1, -0.05) is 58.8 Å². The lowest BCUT2D eigenvalue weighted by molar-refractivity contribution is 0.434. The summed E-state index contributed by atoms with van der Waals surface area (Å²) in [5, 5.41) is 8.12. The van der Waals surface area contributed by atoms with Gasteiger partial charge in [-0.05, 0) is 32.4 Å². The topological polar surface area (TPSA) is 29.9 Å². The van der Waals surface area contributed by atoms with Crippen LogP contribution in [0.2, 0.25) is 0 Å². The molecule has 0 fully saturated rings. The maximum Gasteiger partial charge on any atom is 0.0553 e. The minimum absolute atomic E-state index is 0.475. The first-order valence-corrected chi connectivity index (χ1v) is 9.08. The monoisotopic (exact) mass is 293 g/mol. The smallest absolute Gasteiger partial charge is 0.0553 e. The average Bonchev–Trinajstić information content (AvgIpc) is 2.97. The van der Waals surface area contributed by atoms with Crippen molar-refractivity contribution in [1.29, 1.82) is 0 Å². The highest BCUT2D eigenvalue weighted by Crippen LogP contribution is 2.20. The van der Waals surface area contributed by atoms with Crippen LogP contribution in [0.5, 0.6) is 0 Å². The second-order valence-corrected chi connectivity index (χ2v) is 5.99. The van der Waals surface area contributed by atoms with E-state index >= 15 is 0 Å². The van der Waals surface area contributed by atoms with E-state index in [2.05, 4.69) is 41.9 Å². The third-order valence-electron chi connectivity index (χ3n) is 4.14. The van der Waals surface area contributed by atoms with Gasteiger partial charge in [-0.25, -0.2) is 0 Å². The molecule has 122 valence electrons. The molecule has 21 heavy (non-hydrogen) atoms. The van der Waals surface area contributed by atoms with E-state index < -0.39 is 0 Å². The van der Waals surface area contributed by atoms with Crippen molar-refractivity contribution in [3.8, 4) is 0 Å². The Kier molecular flexibility index (Phi) is 10.2. The van der Waals surface area contributed by atoms with Gasteiger partial charge < -0.3 is 5.32 Å². The van der Waals surface area contributed by atoms with Crippen LogP contribution in [-0.4, -0.2) is 16.3 Å². The zero-order valence-electron chi connectivity index (χ0n) is 14.4. The molecule has 1 aromatic heterocycles. The number of rotatable bonds is 13. The van der Waals surface area contributed by atoms with Crippen LogP contribution < -0.4 is 5.32 Å². The minimum atomic E-state index is 0.475. The number of nitrogens with zero attached hydrogens (tertiary/aromatic N) is 2. The molecule has 0 radical (unpaired) electrons. The summed E-state index contributed by atoms with van der Waals surface area (Å²) in [5.74, 6) is 0. The summed E-state index contributed by atoms with van der Waals surface area (Å²) < 4.78 is 2.13. The zero-order chi connectivity index (χ0) is 15.3. The first-order chi connectivity index (χ1) is 10.3. The molecule has 1 heterocycles. The molecule has 3 heteroatoms. The summed E-state index contributed by atoms with van der Waals surface area (Å²) in [6.07, 6.45) is 14.0. The summed E-state index contributed by atoms with van der Waals surface area (Å²) in [6.45, 7) is 8.73. The highest BCUT2D eigenvalue weighted by Gasteiger charge is 2.14. The molecule has 0 amide bonds. The second-order valence-electron chi connectivity index (χ2n) is 5.99. The molecule has 0 aromatic carbocycles. The largest absolute Gasteiger partial charge is 0.309 e. The van der Waals surface area contributed by atoms with Gasteiger partial charge in [-0.2, -0.15) is 5.10 Å². The Balaban J connectivity index is 2.33. The maximum atomic E-state index is 4.42. The van der Waals surface area contributed by atoms with E-state index in [0.29, 0.717) is 6.04 Å². The van der Waals surface area contributed by atoms with Gasteiger partial charge in [0.2, 0.25) is 0 Å². The fourth-order valence-electron chi connectivity index (χ4n) is 2.88. The van der Waals surface area contributed by atoms with Gasteiger partial charge in [0, 0.05) is 18.8 Å².